The molecule has 2 aromatic heterocycles. The molecule has 4 aromatic carbocycles. The van der Waals surface area contributed by atoms with Crippen LogP contribution in [0.3, 0.4) is 0 Å². The molecule has 2 fully saturated rings. The molecule has 4 N–H and O–H groups in total. The second kappa shape index (κ2) is 28.3. The Labute approximate surface area is 491 Å². The molecule has 2 saturated heterocycles. The van der Waals surface area contributed by atoms with Gasteiger partial charge < -0.3 is 47.9 Å². The number of methoxy groups -OCH3 is 1. The van der Waals surface area contributed by atoms with Crippen LogP contribution in [0, 0.1) is 29.1 Å². The molecule has 2 aliphatic heterocycles. The van der Waals surface area contributed by atoms with Gasteiger partial charge >= 0.3 is 5.97 Å². The Morgan fingerprint density at radius 2 is 1.10 bits per heavy atom. The highest BCUT2D eigenvalue weighted by Crippen LogP contribution is 2.41. The molecule has 0 amide bonds. The van der Waals surface area contributed by atoms with Crippen molar-refractivity contribution in [1.82, 2.24) is 0 Å². The van der Waals surface area contributed by atoms with E-state index >= 15 is 0 Å². The minimum atomic E-state index is -1.93. The van der Waals surface area contributed by atoms with E-state index in [-0.39, 0.29) is 43.3 Å². The highest BCUT2D eigenvalue weighted by molar-refractivity contribution is 14.1. The van der Waals surface area contributed by atoms with Gasteiger partial charge in [-0.25, -0.2) is 13.6 Å². The van der Waals surface area contributed by atoms with Crippen molar-refractivity contribution in [2.75, 3.05) is 13.7 Å². The van der Waals surface area contributed by atoms with Gasteiger partial charge in [0.1, 0.15) is 54.4 Å². The first-order chi connectivity index (χ1) is 36.5. The zero-order chi connectivity index (χ0) is 57.5. The topological polar surface area (TPSA) is 153 Å². The van der Waals surface area contributed by atoms with Crippen LogP contribution in [0.25, 0.3) is 20.9 Å². The first-order valence-electron chi connectivity index (χ1n) is 26.2. The molecular weight excluding hydrogens is 1210 g/mol. The molecule has 1 unspecified atom stereocenters. The van der Waals surface area contributed by atoms with Gasteiger partial charge in [0.15, 0.2) is 31.1 Å². The average molecular weight is 1290 g/mol. The van der Waals surface area contributed by atoms with Crippen LogP contribution in [0.2, 0.25) is 58.9 Å². The molecular formula is C60H81F2IO11S2Si3. The number of ether oxygens (including phenoxy) is 3. The van der Waals surface area contributed by atoms with Crippen LogP contribution in [0.4, 0.5) is 8.78 Å². The summed E-state index contributed by atoms with van der Waals surface area (Å²) in [5.41, 5.74) is 7.17. The number of carbonyl (C=O) groups is 1. The maximum Gasteiger partial charge on any atom is 0.337 e. The van der Waals surface area contributed by atoms with Gasteiger partial charge in [-0.05, 0) is 202 Å². The lowest BCUT2D eigenvalue weighted by molar-refractivity contribution is -0.366. The number of thiophene rings is 2. The first kappa shape index (κ1) is 66.4. The van der Waals surface area contributed by atoms with Crippen molar-refractivity contribution >= 4 is 76.2 Å². The number of hydrogen-bond donors (Lipinski definition) is 4. The fourth-order valence-corrected chi connectivity index (χ4v) is 14.9. The van der Waals surface area contributed by atoms with E-state index in [2.05, 4.69) is 119 Å². The summed E-state index contributed by atoms with van der Waals surface area (Å²) < 4.78 is 63.6. The molecule has 0 saturated carbocycles. The fraction of sp³-hybridized carbons (Fsp3) is 0.450. The number of hydrogen-bond acceptors (Lipinski definition) is 13. The zero-order valence-corrected chi connectivity index (χ0v) is 53.7. The minimum Gasteiger partial charge on any atom is -0.458 e. The standard InChI is InChI=1S/C25H27FO6S.C18H14FIS.C16H36O5Si3.CH4/c1-14-3-6-17(25(31-2)24(30)23(29)22(28)20(13-27)32-25)11-16(14)12-19-9-10-21(33-19)15-4-7-18(26)8-5-15;1-12-2-7-16(20)10-14(12)11-17-8-9-18(21-17)13-3-5-15(19)6-4-13;1-11-12-13(19-22(2,3)4)14(20-23(5,6)7)15(16(17)18-12)21-24(8,9)10;/h3-11,20,22-24,27-30H,12-13H2,1-2H3;2-10H,11H2,1H3;12-15H,11H2,1-10H3;1H4/t20-,22-,23+,24-,25?;;12-,13-,14+,15-;/m1.1./s1. The van der Waals surface area contributed by atoms with Crippen molar-refractivity contribution in [2.45, 2.75) is 161 Å². The molecule has 0 bridgehead atoms. The number of aliphatic hydroxyl groups is 4. The van der Waals surface area contributed by atoms with Gasteiger partial charge in [0.2, 0.25) is 5.79 Å². The van der Waals surface area contributed by atoms with Crippen LogP contribution < -0.4 is 0 Å². The van der Waals surface area contributed by atoms with Crippen molar-refractivity contribution in [3.8, 4) is 20.9 Å². The summed E-state index contributed by atoms with van der Waals surface area (Å²) in [6, 6.07) is 33.4. The molecule has 432 valence electrons. The molecule has 2 aliphatic rings. The lowest BCUT2D eigenvalue weighted by Crippen LogP contribution is -2.64. The van der Waals surface area contributed by atoms with Crippen LogP contribution in [-0.2, 0) is 50.9 Å². The van der Waals surface area contributed by atoms with Crippen LogP contribution in [-0.4, -0.2) is 114 Å². The molecule has 19 heteroatoms. The predicted octanol–water partition coefficient (Wildman–Crippen LogP) is 13.4. The third-order valence-corrected chi connectivity index (χ3v) is 18.8. The maximum atomic E-state index is 13.2. The molecule has 0 aliphatic carbocycles. The van der Waals surface area contributed by atoms with Gasteiger partial charge in [-0.15, -0.1) is 22.7 Å². The van der Waals surface area contributed by atoms with E-state index in [0.29, 0.717) is 18.4 Å². The summed E-state index contributed by atoms with van der Waals surface area (Å²) in [4.78, 5) is 17.3. The van der Waals surface area contributed by atoms with E-state index in [1.165, 1.54) is 55.8 Å². The van der Waals surface area contributed by atoms with Crippen molar-refractivity contribution in [3.05, 3.63) is 162 Å². The number of benzene rings is 4. The smallest absolute Gasteiger partial charge is 0.337 e. The van der Waals surface area contributed by atoms with Gasteiger partial charge in [0.05, 0.1) is 6.61 Å². The second-order valence-corrected chi connectivity index (χ2v) is 39.6. The third-order valence-electron chi connectivity index (χ3n) is 13.0. The Balaban J connectivity index is 0.000000223. The van der Waals surface area contributed by atoms with Gasteiger partial charge in [-0.1, -0.05) is 56.8 Å². The normalized spacial score (nSPS) is 23.4. The van der Waals surface area contributed by atoms with E-state index in [1.54, 1.807) is 40.9 Å². The van der Waals surface area contributed by atoms with Gasteiger partial charge in [0, 0.05) is 48.6 Å². The number of aliphatic hydroxyl groups excluding tert-OH is 4. The number of cyclic esters (lactones) is 1. The molecule has 79 heavy (non-hydrogen) atoms. The zero-order valence-electron chi connectivity index (χ0n) is 46.9. The predicted molar refractivity (Wildman–Crippen MR) is 330 cm³/mol. The van der Waals surface area contributed by atoms with Crippen LogP contribution >= 0.6 is 45.3 Å². The van der Waals surface area contributed by atoms with Crippen molar-refractivity contribution in [2.24, 2.45) is 0 Å². The van der Waals surface area contributed by atoms with E-state index < -0.39 is 67.9 Å². The van der Waals surface area contributed by atoms with Gasteiger partial charge in [0.25, 0.3) is 0 Å². The minimum absolute atomic E-state index is 0. The van der Waals surface area contributed by atoms with Crippen LogP contribution in [0.15, 0.2) is 109 Å². The lowest BCUT2D eigenvalue weighted by Gasteiger charge is -2.47. The monoisotopic (exact) mass is 1290 g/mol. The summed E-state index contributed by atoms with van der Waals surface area (Å²) in [6.07, 6.45) is -5.03. The maximum absolute atomic E-state index is 13.2. The quantitative estimate of drug-likeness (QED) is 0.0416. The SMILES string of the molecule is C.CC[C@H]1OC(=O)[C@H](O[Si](C)(C)C)[C@@H](O[Si](C)(C)C)[C@@H]1O[Si](C)(C)C.COC1(c2ccc(C)c(Cc3ccc(-c4ccc(F)cc4)s3)c2)O[C@H](CO)[C@@H](O)[C@H](O)[C@H]1O.Cc1ccc(I)cc1Cc1ccc(-c2ccc(F)cc2)s1. The largest absolute Gasteiger partial charge is 0.458 e. The Kier molecular flexibility index (Phi) is 23.8. The Bertz CT molecular complexity index is 2900. The fourth-order valence-electron chi connectivity index (χ4n) is 9.14. The molecule has 11 nitrogen and oxygen atoms in total. The molecule has 8 rings (SSSR count). The Morgan fingerprint density at radius 3 is 1.56 bits per heavy atom. The van der Waals surface area contributed by atoms with Gasteiger partial charge in [-0.2, -0.15) is 0 Å². The Hall–Kier alpha value is -3.37. The van der Waals surface area contributed by atoms with Crippen molar-refractivity contribution in [1.29, 1.82) is 0 Å². The Morgan fingerprint density at radius 1 is 0.633 bits per heavy atom. The molecule has 9 atom stereocenters. The van der Waals surface area contributed by atoms with E-state index in [1.807, 2.05) is 50.2 Å². The number of carbonyl (C=O) groups excluding carboxylic acids is 1. The van der Waals surface area contributed by atoms with E-state index in [4.69, 9.17) is 27.5 Å². The van der Waals surface area contributed by atoms with E-state index in [0.717, 1.165) is 38.4 Å². The molecule has 0 spiro atoms. The van der Waals surface area contributed by atoms with Crippen molar-refractivity contribution < 1.29 is 61.5 Å². The number of halogens is 3. The summed E-state index contributed by atoms with van der Waals surface area (Å²) in [5.74, 6) is -2.51. The van der Waals surface area contributed by atoms with Crippen LogP contribution in [0.5, 0.6) is 0 Å². The number of aryl methyl sites for hydroxylation is 2. The summed E-state index contributed by atoms with van der Waals surface area (Å²) in [5, 5.41) is 40.8. The second-order valence-electron chi connectivity index (χ2n) is 22.7. The van der Waals surface area contributed by atoms with Crippen LogP contribution in [0.1, 0.15) is 58.3 Å². The molecule has 6 aromatic rings. The van der Waals surface area contributed by atoms with Crippen molar-refractivity contribution in [3.63, 3.8) is 0 Å². The summed E-state index contributed by atoms with van der Waals surface area (Å²) >= 11 is 5.73. The third kappa shape index (κ3) is 18.1. The number of esters is 1. The van der Waals surface area contributed by atoms with Gasteiger partial charge in [-0.3, -0.25) is 0 Å². The summed E-state index contributed by atoms with van der Waals surface area (Å²) in [7, 11) is -4.31. The average Bonchev–Trinajstić information content (AvgIpc) is 4.09. The lowest BCUT2D eigenvalue weighted by atomic mass is 9.86. The highest BCUT2D eigenvalue weighted by atomic mass is 127. The van der Waals surface area contributed by atoms with E-state index in [9.17, 15) is 34.0 Å². The highest BCUT2D eigenvalue weighted by Gasteiger charge is 2.55. The summed E-state index contributed by atoms with van der Waals surface area (Å²) in [6.45, 7) is 24.7. The molecule has 0 radical (unpaired) electrons. The number of rotatable bonds is 16. The first-order valence-corrected chi connectivity index (χ1v) is 39.1. The molecule has 4 heterocycles.